The Kier molecular flexibility index (Phi) is 9.45. The molecule has 3 N–H and O–H groups in total. The quantitative estimate of drug-likeness (QED) is 0.266. The first-order chi connectivity index (χ1) is 17.8. The fourth-order valence-corrected chi connectivity index (χ4v) is 6.97. The van der Waals surface area contributed by atoms with Crippen molar-refractivity contribution in [3.8, 4) is 0 Å². The van der Waals surface area contributed by atoms with E-state index in [9.17, 15) is 32.3 Å². The molecule has 0 radical (unpaired) electrons. The molecule has 2 aliphatic carbocycles. The van der Waals surface area contributed by atoms with Gasteiger partial charge in [0.2, 0.25) is 27.7 Å². The SMILES string of the molecule is C=CCCC(C)CC(C)CC(=O)N1CC(O)CC1C(=O)NC1(CC(=O)NS(=O)(=O)C2(CF)CC2)CC1C=C. The van der Waals surface area contributed by atoms with Crippen molar-refractivity contribution in [2.24, 2.45) is 17.8 Å². The first-order valence-corrected chi connectivity index (χ1v) is 14.9. The molecule has 6 unspecified atom stereocenters. The fraction of sp³-hybridized carbons (Fsp3) is 0.741. The maximum atomic E-state index is 13.3. The molecule has 1 saturated heterocycles. The van der Waals surface area contributed by atoms with Crippen molar-refractivity contribution in [2.45, 2.75) is 94.1 Å². The van der Waals surface area contributed by atoms with Crippen LogP contribution in [0.1, 0.15) is 71.6 Å². The van der Waals surface area contributed by atoms with Gasteiger partial charge in [-0.25, -0.2) is 12.8 Å². The van der Waals surface area contributed by atoms with Crippen molar-refractivity contribution in [3.63, 3.8) is 0 Å². The number of β-amino-alcohol motifs (C(OH)–C–C–N with tert-alkyl or cyclic N) is 1. The molecule has 3 amide bonds. The molecule has 3 rings (SSSR count). The highest BCUT2D eigenvalue weighted by atomic mass is 32.2. The van der Waals surface area contributed by atoms with E-state index in [2.05, 4.69) is 25.4 Å². The monoisotopic (exact) mass is 555 g/mol. The summed E-state index contributed by atoms with van der Waals surface area (Å²) in [5, 5.41) is 13.1. The normalized spacial score (nSPS) is 29.2. The van der Waals surface area contributed by atoms with E-state index in [1.165, 1.54) is 4.90 Å². The van der Waals surface area contributed by atoms with Crippen LogP contribution in [0, 0.1) is 17.8 Å². The summed E-state index contributed by atoms with van der Waals surface area (Å²) in [7, 11) is -4.17. The van der Waals surface area contributed by atoms with Crippen LogP contribution in [0.2, 0.25) is 0 Å². The van der Waals surface area contributed by atoms with Gasteiger partial charge in [0.1, 0.15) is 17.5 Å². The van der Waals surface area contributed by atoms with Crippen LogP contribution in [0.5, 0.6) is 0 Å². The number of likely N-dealkylation sites (tertiary alicyclic amines) is 1. The third-order valence-corrected chi connectivity index (χ3v) is 10.4. The van der Waals surface area contributed by atoms with E-state index in [4.69, 9.17) is 0 Å². The smallest absolute Gasteiger partial charge is 0.243 e. The molecule has 3 aliphatic rings. The molecule has 38 heavy (non-hydrogen) atoms. The number of nitrogens with zero attached hydrogens (tertiary/aromatic N) is 1. The van der Waals surface area contributed by atoms with E-state index in [-0.39, 0.29) is 56.4 Å². The fourth-order valence-electron chi connectivity index (χ4n) is 5.60. The van der Waals surface area contributed by atoms with Crippen LogP contribution in [0.3, 0.4) is 0 Å². The Labute approximate surface area is 225 Å². The number of rotatable bonds is 15. The van der Waals surface area contributed by atoms with Gasteiger partial charge in [-0.3, -0.25) is 19.1 Å². The topological polar surface area (TPSA) is 133 Å². The van der Waals surface area contributed by atoms with Crippen molar-refractivity contribution in [1.82, 2.24) is 14.9 Å². The van der Waals surface area contributed by atoms with Crippen LogP contribution in [-0.2, 0) is 24.4 Å². The zero-order valence-corrected chi connectivity index (χ0v) is 23.3. The van der Waals surface area contributed by atoms with Gasteiger partial charge < -0.3 is 15.3 Å². The van der Waals surface area contributed by atoms with E-state index in [0.29, 0.717) is 12.3 Å². The summed E-state index contributed by atoms with van der Waals surface area (Å²) in [4.78, 5) is 40.5. The van der Waals surface area contributed by atoms with Gasteiger partial charge in [-0.1, -0.05) is 26.0 Å². The van der Waals surface area contributed by atoms with Crippen LogP contribution in [0.4, 0.5) is 4.39 Å². The van der Waals surface area contributed by atoms with E-state index < -0.39 is 50.9 Å². The molecule has 2 saturated carbocycles. The minimum atomic E-state index is -4.17. The highest BCUT2D eigenvalue weighted by molar-refractivity contribution is 7.91. The number of halogens is 1. The Morgan fingerprint density at radius 2 is 1.89 bits per heavy atom. The molecule has 0 spiro atoms. The van der Waals surface area contributed by atoms with Gasteiger partial charge in [-0.2, -0.15) is 0 Å². The van der Waals surface area contributed by atoms with Crippen LogP contribution < -0.4 is 10.0 Å². The first-order valence-electron chi connectivity index (χ1n) is 13.5. The number of hydrogen-bond acceptors (Lipinski definition) is 6. The summed E-state index contributed by atoms with van der Waals surface area (Å²) in [5.74, 6) is -1.26. The molecular formula is C27H42FN3O6S. The van der Waals surface area contributed by atoms with Gasteiger partial charge in [0.15, 0.2) is 0 Å². The van der Waals surface area contributed by atoms with Crippen molar-refractivity contribution in [2.75, 3.05) is 13.2 Å². The second kappa shape index (κ2) is 11.9. The number of aliphatic hydroxyl groups is 1. The largest absolute Gasteiger partial charge is 0.391 e. The minimum Gasteiger partial charge on any atom is -0.391 e. The predicted octanol–water partition coefficient (Wildman–Crippen LogP) is 2.37. The summed E-state index contributed by atoms with van der Waals surface area (Å²) >= 11 is 0. The van der Waals surface area contributed by atoms with Crippen molar-refractivity contribution in [1.29, 1.82) is 0 Å². The van der Waals surface area contributed by atoms with Gasteiger partial charge in [0.05, 0.1) is 18.1 Å². The predicted molar refractivity (Wildman–Crippen MR) is 142 cm³/mol. The number of allylic oxidation sites excluding steroid dienone is 1. The molecule has 214 valence electrons. The van der Waals surface area contributed by atoms with E-state index in [0.717, 1.165) is 19.3 Å². The molecule has 0 aromatic heterocycles. The maximum absolute atomic E-state index is 13.3. The Balaban J connectivity index is 1.62. The molecule has 3 fully saturated rings. The summed E-state index contributed by atoms with van der Waals surface area (Å²) in [6.07, 6.45) is 6.10. The molecule has 1 aliphatic heterocycles. The number of alkyl halides is 1. The van der Waals surface area contributed by atoms with Gasteiger partial charge in [0, 0.05) is 25.3 Å². The Hall–Kier alpha value is -2.27. The second-order valence-corrected chi connectivity index (χ2v) is 13.8. The molecule has 9 nitrogen and oxygen atoms in total. The van der Waals surface area contributed by atoms with Crippen molar-refractivity contribution >= 4 is 27.7 Å². The van der Waals surface area contributed by atoms with E-state index in [1.807, 2.05) is 17.7 Å². The molecule has 11 heteroatoms. The standard InChI is InChI=1S/C27H42FN3O6S/c1-5-7-8-18(3)11-19(4)12-24(34)31-16-21(32)13-22(31)25(35)29-27(14-20(27)6-2)15-23(33)30-38(36,37)26(17-28)9-10-26/h5-6,18-22,32H,1-2,7-17H2,3-4H3,(H,29,35)(H,30,33). The Morgan fingerprint density at radius 1 is 1.21 bits per heavy atom. The third kappa shape index (κ3) is 6.83. The number of nitrogens with one attached hydrogen (secondary N) is 2. The summed E-state index contributed by atoms with van der Waals surface area (Å²) in [5.41, 5.74) is -1.04. The number of aliphatic hydroxyl groups excluding tert-OH is 1. The number of sulfonamides is 1. The first kappa shape index (κ1) is 30.3. The minimum absolute atomic E-state index is 0.0532. The number of carbonyl (C=O) groups excluding carboxylic acids is 3. The van der Waals surface area contributed by atoms with Gasteiger partial charge in [-0.05, 0) is 50.4 Å². The summed E-state index contributed by atoms with van der Waals surface area (Å²) in [6, 6.07) is -0.890. The third-order valence-electron chi connectivity index (χ3n) is 8.23. The van der Waals surface area contributed by atoms with E-state index >= 15 is 0 Å². The molecule has 0 bridgehead atoms. The molecular weight excluding hydrogens is 513 g/mol. The Bertz CT molecular complexity index is 1050. The van der Waals surface area contributed by atoms with Crippen LogP contribution in [-0.4, -0.2) is 71.8 Å². The molecule has 1 heterocycles. The van der Waals surface area contributed by atoms with Crippen molar-refractivity contribution in [3.05, 3.63) is 25.3 Å². The zero-order valence-electron chi connectivity index (χ0n) is 22.5. The van der Waals surface area contributed by atoms with Crippen molar-refractivity contribution < 1.29 is 32.3 Å². The lowest BCUT2D eigenvalue weighted by Crippen LogP contribution is -2.52. The lowest BCUT2D eigenvalue weighted by Gasteiger charge is -2.28. The number of carbonyl (C=O) groups is 3. The van der Waals surface area contributed by atoms with Gasteiger partial charge in [0.25, 0.3) is 0 Å². The highest BCUT2D eigenvalue weighted by Crippen LogP contribution is 2.48. The average Bonchev–Trinajstić information content (AvgIpc) is 3.73. The van der Waals surface area contributed by atoms with Crippen LogP contribution in [0.25, 0.3) is 0 Å². The lowest BCUT2D eigenvalue weighted by atomic mass is 9.91. The summed E-state index contributed by atoms with van der Waals surface area (Å²) < 4.78 is 38.6. The average molecular weight is 556 g/mol. The van der Waals surface area contributed by atoms with Crippen LogP contribution in [0.15, 0.2) is 25.3 Å². The number of amides is 3. The van der Waals surface area contributed by atoms with Gasteiger partial charge in [-0.15, -0.1) is 13.2 Å². The van der Waals surface area contributed by atoms with Crippen LogP contribution >= 0.6 is 0 Å². The van der Waals surface area contributed by atoms with E-state index in [1.54, 1.807) is 6.08 Å². The zero-order chi connectivity index (χ0) is 28.3. The second-order valence-electron chi connectivity index (χ2n) is 11.7. The molecule has 0 aromatic rings. The molecule has 6 atom stereocenters. The van der Waals surface area contributed by atoms with Gasteiger partial charge >= 0.3 is 0 Å². The maximum Gasteiger partial charge on any atom is 0.243 e. The lowest BCUT2D eigenvalue weighted by molar-refractivity contribution is -0.139. The summed E-state index contributed by atoms with van der Waals surface area (Å²) in [6.45, 7) is 10.6. The number of hydrogen-bond donors (Lipinski definition) is 3. The highest BCUT2D eigenvalue weighted by Gasteiger charge is 2.58. The Morgan fingerprint density at radius 3 is 2.45 bits per heavy atom. The molecule has 0 aromatic carbocycles.